The molecule has 35 heavy (non-hydrogen) atoms. The number of halogens is 2. The van der Waals surface area contributed by atoms with E-state index < -0.39 is 23.8 Å². The van der Waals surface area contributed by atoms with Gasteiger partial charge in [0.25, 0.3) is 11.5 Å². The van der Waals surface area contributed by atoms with Crippen molar-refractivity contribution in [3.63, 3.8) is 0 Å². The zero-order chi connectivity index (χ0) is 26.1. The summed E-state index contributed by atoms with van der Waals surface area (Å²) in [4.78, 5) is 41.5. The molecule has 0 saturated carbocycles. The Bertz CT molecular complexity index is 1160. The number of hydrogen-bond acceptors (Lipinski definition) is 7. The van der Waals surface area contributed by atoms with Crippen molar-refractivity contribution < 1.29 is 27.8 Å². The molecule has 12 heteroatoms. The second-order valence-electron chi connectivity index (χ2n) is 7.92. The molecule has 0 aliphatic heterocycles. The number of nitrogen functional groups attached to an aromatic ring is 1. The first-order chi connectivity index (χ1) is 16.6. The second-order valence-corrected chi connectivity index (χ2v) is 7.92. The lowest BCUT2D eigenvalue weighted by molar-refractivity contribution is -0.114. The van der Waals surface area contributed by atoms with Gasteiger partial charge in [0.2, 0.25) is 0 Å². The highest BCUT2D eigenvalue weighted by atomic mass is 19.3. The average molecular weight is 497 g/mol. The number of rotatable bonds is 12. The number of methoxy groups -OCH3 is 2. The van der Waals surface area contributed by atoms with Gasteiger partial charge in [-0.15, -0.1) is 0 Å². The molecular formula is C23H30F2N4O6. The summed E-state index contributed by atoms with van der Waals surface area (Å²) in [6.45, 7) is 1.19. The SMILES string of the molecule is COCCCN(C(=O)/C=C/c1cccc(OC)c1OC(F)F)c1c(N)n(CC(C)C)c(=O)[nH]c1=O. The largest absolute Gasteiger partial charge is 0.493 e. The number of hydrogen-bond donors (Lipinski definition) is 2. The predicted octanol–water partition coefficient (Wildman–Crippen LogP) is 2.47. The fourth-order valence-electron chi connectivity index (χ4n) is 3.37. The Labute approximate surface area is 200 Å². The molecule has 0 aliphatic rings. The molecule has 2 rings (SSSR count). The number of amides is 1. The maximum Gasteiger partial charge on any atom is 0.387 e. The van der Waals surface area contributed by atoms with Crippen molar-refractivity contribution in [2.24, 2.45) is 5.92 Å². The van der Waals surface area contributed by atoms with E-state index in [9.17, 15) is 23.2 Å². The standard InChI is InChI=1S/C23H30F2N4O6/c1-14(2)13-29-20(26)18(21(31)27-23(29)32)28(11-6-12-33-3)17(30)10-9-15-7-5-8-16(34-4)19(15)35-22(24)25/h5,7-10,14,22H,6,11-13,26H2,1-4H3,(H,27,31,32)/b10-9+. The van der Waals surface area contributed by atoms with Crippen LogP contribution in [0.2, 0.25) is 0 Å². The number of aromatic amines is 1. The number of nitrogens with zero attached hydrogens (tertiary/aromatic N) is 2. The van der Waals surface area contributed by atoms with Crippen molar-refractivity contribution in [1.29, 1.82) is 0 Å². The maximum atomic E-state index is 13.2. The Kier molecular flexibility index (Phi) is 10.0. The van der Waals surface area contributed by atoms with Gasteiger partial charge in [-0.3, -0.25) is 19.1 Å². The minimum absolute atomic E-state index is 0.0348. The molecular weight excluding hydrogens is 466 g/mol. The van der Waals surface area contributed by atoms with Gasteiger partial charge in [-0.25, -0.2) is 4.79 Å². The van der Waals surface area contributed by atoms with Crippen LogP contribution in [0.3, 0.4) is 0 Å². The minimum atomic E-state index is -3.11. The number of H-pyrrole nitrogens is 1. The van der Waals surface area contributed by atoms with E-state index in [1.165, 1.54) is 37.0 Å². The Hall–Kier alpha value is -3.67. The molecule has 3 N–H and O–H groups in total. The second kappa shape index (κ2) is 12.7. The summed E-state index contributed by atoms with van der Waals surface area (Å²) < 4.78 is 41.7. The quantitative estimate of drug-likeness (QED) is 0.341. The third-order valence-corrected chi connectivity index (χ3v) is 4.87. The monoisotopic (exact) mass is 496 g/mol. The Balaban J connectivity index is 2.53. The molecule has 0 spiro atoms. The van der Waals surface area contributed by atoms with E-state index in [-0.39, 0.29) is 47.6 Å². The molecule has 0 atom stereocenters. The predicted molar refractivity (Wildman–Crippen MR) is 128 cm³/mol. The van der Waals surface area contributed by atoms with E-state index in [1.54, 1.807) is 6.07 Å². The lowest BCUT2D eigenvalue weighted by atomic mass is 10.1. The van der Waals surface area contributed by atoms with Crippen molar-refractivity contribution in [1.82, 2.24) is 9.55 Å². The van der Waals surface area contributed by atoms with Crippen molar-refractivity contribution in [3.05, 3.63) is 50.7 Å². The number of ether oxygens (including phenoxy) is 3. The molecule has 0 unspecified atom stereocenters. The molecule has 2 aromatic rings. The van der Waals surface area contributed by atoms with Gasteiger partial charge in [0, 0.05) is 38.4 Å². The number of carbonyl (C=O) groups excluding carboxylic acids is 1. The van der Waals surface area contributed by atoms with Crippen LogP contribution < -0.4 is 31.4 Å². The fraction of sp³-hybridized carbons (Fsp3) is 0.435. The molecule has 1 amide bonds. The first-order valence-electron chi connectivity index (χ1n) is 10.8. The van der Waals surface area contributed by atoms with E-state index >= 15 is 0 Å². The van der Waals surface area contributed by atoms with Gasteiger partial charge in [0.05, 0.1) is 7.11 Å². The van der Waals surface area contributed by atoms with Gasteiger partial charge in [0.15, 0.2) is 17.2 Å². The van der Waals surface area contributed by atoms with Crippen LogP contribution in [0.25, 0.3) is 6.08 Å². The zero-order valence-corrected chi connectivity index (χ0v) is 20.0. The minimum Gasteiger partial charge on any atom is -0.493 e. The van der Waals surface area contributed by atoms with Crippen molar-refractivity contribution in [3.8, 4) is 11.5 Å². The Morgan fingerprint density at radius 1 is 1.26 bits per heavy atom. The van der Waals surface area contributed by atoms with Gasteiger partial charge in [-0.1, -0.05) is 26.0 Å². The summed E-state index contributed by atoms with van der Waals surface area (Å²) in [6.07, 6.45) is 2.72. The van der Waals surface area contributed by atoms with Crippen LogP contribution >= 0.6 is 0 Å². The van der Waals surface area contributed by atoms with E-state index in [0.717, 1.165) is 11.0 Å². The van der Waals surface area contributed by atoms with Gasteiger partial charge in [0.1, 0.15) is 5.82 Å². The third-order valence-electron chi connectivity index (χ3n) is 4.87. The molecule has 192 valence electrons. The highest BCUT2D eigenvalue weighted by molar-refractivity contribution is 6.05. The fourth-order valence-corrected chi connectivity index (χ4v) is 3.37. The lowest BCUT2D eigenvalue weighted by Crippen LogP contribution is -2.41. The van der Waals surface area contributed by atoms with Crippen LogP contribution in [0.5, 0.6) is 11.5 Å². The maximum absolute atomic E-state index is 13.2. The summed E-state index contributed by atoms with van der Waals surface area (Å²) in [5, 5.41) is 0. The van der Waals surface area contributed by atoms with Crippen LogP contribution in [0.15, 0.2) is 33.9 Å². The lowest BCUT2D eigenvalue weighted by Gasteiger charge is -2.24. The van der Waals surface area contributed by atoms with Gasteiger partial charge in [-0.2, -0.15) is 8.78 Å². The number of para-hydroxylation sites is 1. The van der Waals surface area contributed by atoms with Crippen LogP contribution in [-0.4, -0.2) is 49.4 Å². The molecule has 10 nitrogen and oxygen atoms in total. The van der Waals surface area contributed by atoms with Crippen molar-refractivity contribution >= 4 is 23.5 Å². The number of aromatic nitrogens is 2. The third kappa shape index (κ3) is 7.15. The smallest absolute Gasteiger partial charge is 0.387 e. The van der Waals surface area contributed by atoms with Crippen molar-refractivity contribution in [2.45, 2.75) is 33.4 Å². The first kappa shape index (κ1) is 27.6. The molecule has 0 saturated heterocycles. The summed E-state index contributed by atoms with van der Waals surface area (Å²) in [5.41, 5.74) is 4.63. The number of nitrogens with two attached hydrogens (primary N) is 1. The van der Waals surface area contributed by atoms with E-state index in [4.69, 9.17) is 15.2 Å². The molecule has 1 heterocycles. The summed E-state index contributed by atoms with van der Waals surface area (Å²) in [7, 11) is 2.79. The number of nitrogens with one attached hydrogen (secondary N) is 1. The molecule has 1 aromatic heterocycles. The van der Waals surface area contributed by atoms with E-state index in [1.807, 2.05) is 13.8 Å². The molecule has 0 fully saturated rings. The van der Waals surface area contributed by atoms with Gasteiger partial charge >= 0.3 is 12.3 Å². The molecule has 1 aromatic carbocycles. The van der Waals surface area contributed by atoms with Gasteiger partial charge < -0.3 is 24.8 Å². The number of anilines is 2. The summed E-state index contributed by atoms with van der Waals surface area (Å²) in [5.74, 6) is -0.984. The van der Waals surface area contributed by atoms with Crippen LogP contribution in [0.4, 0.5) is 20.3 Å². The van der Waals surface area contributed by atoms with Crippen LogP contribution in [0.1, 0.15) is 25.8 Å². The number of alkyl halides is 2. The van der Waals surface area contributed by atoms with Gasteiger partial charge in [-0.05, 0) is 24.5 Å². The topological polar surface area (TPSA) is 129 Å². The van der Waals surface area contributed by atoms with E-state index in [0.29, 0.717) is 13.0 Å². The first-order valence-corrected chi connectivity index (χ1v) is 10.8. The summed E-state index contributed by atoms with van der Waals surface area (Å²) >= 11 is 0. The normalized spacial score (nSPS) is 11.4. The van der Waals surface area contributed by atoms with Crippen LogP contribution in [0, 0.1) is 5.92 Å². The Morgan fingerprint density at radius 2 is 1.97 bits per heavy atom. The van der Waals surface area contributed by atoms with Crippen molar-refractivity contribution in [2.75, 3.05) is 38.0 Å². The number of benzene rings is 1. The zero-order valence-electron chi connectivity index (χ0n) is 20.0. The molecule has 0 bridgehead atoms. The number of carbonyl (C=O) groups is 1. The summed E-state index contributed by atoms with van der Waals surface area (Å²) in [6, 6.07) is 4.44. The highest BCUT2D eigenvalue weighted by Crippen LogP contribution is 2.33. The molecule has 0 aliphatic carbocycles. The van der Waals surface area contributed by atoms with E-state index in [2.05, 4.69) is 9.72 Å². The highest BCUT2D eigenvalue weighted by Gasteiger charge is 2.23. The van der Waals surface area contributed by atoms with Crippen LogP contribution in [-0.2, 0) is 16.1 Å². The average Bonchev–Trinajstić information content (AvgIpc) is 2.79. The Morgan fingerprint density at radius 3 is 2.57 bits per heavy atom. The molecule has 0 radical (unpaired) electrons.